The molecule has 5 rings (SSSR count). The fourth-order valence-electron chi connectivity index (χ4n) is 6.30. The molecular weight excluding hydrogens is 736 g/mol. The maximum Gasteiger partial charge on any atom is 0.408 e. The summed E-state index contributed by atoms with van der Waals surface area (Å²) in [5.74, 6) is -0.886. The van der Waals surface area contributed by atoms with Gasteiger partial charge < -0.3 is 50.4 Å². The van der Waals surface area contributed by atoms with E-state index >= 15 is 0 Å². The first-order valence-electron chi connectivity index (χ1n) is 19.0. The Morgan fingerprint density at radius 2 is 1.26 bits per heavy atom. The van der Waals surface area contributed by atoms with E-state index in [-0.39, 0.29) is 52.2 Å². The second-order valence-corrected chi connectivity index (χ2v) is 13.8. The molecule has 1 fully saturated rings. The summed E-state index contributed by atoms with van der Waals surface area (Å²) in [6.45, 7) is 0.843. The van der Waals surface area contributed by atoms with E-state index < -0.39 is 54.5 Å². The lowest BCUT2D eigenvalue weighted by atomic mass is 10.1. The molecule has 3 unspecified atom stereocenters. The predicted molar refractivity (Wildman–Crippen MR) is 209 cm³/mol. The first-order chi connectivity index (χ1) is 27.6. The van der Waals surface area contributed by atoms with Crippen molar-refractivity contribution in [2.45, 2.75) is 88.7 Å². The Labute approximate surface area is 330 Å². The normalized spacial score (nSPS) is 19.2. The number of alkyl carbamates (subject to hydrolysis) is 2. The van der Waals surface area contributed by atoms with Crippen LogP contribution in [0.2, 0.25) is 0 Å². The Balaban J connectivity index is 1.13. The molecule has 0 spiro atoms. The minimum Gasteiger partial charge on any atom is -0.480 e. The van der Waals surface area contributed by atoms with Gasteiger partial charge in [0.05, 0.1) is 18.2 Å². The van der Waals surface area contributed by atoms with Crippen molar-refractivity contribution in [3.8, 4) is 0 Å². The molecule has 0 aliphatic carbocycles. The summed E-state index contributed by atoms with van der Waals surface area (Å²) in [5.41, 5.74) is 2.38. The molecule has 6 N–H and O–H groups in total. The molecule has 2 heterocycles. The van der Waals surface area contributed by atoms with Crippen LogP contribution in [0.3, 0.4) is 0 Å². The van der Waals surface area contributed by atoms with Crippen molar-refractivity contribution in [3.05, 3.63) is 108 Å². The number of guanidine groups is 1. The number of carboxylic acids is 1. The van der Waals surface area contributed by atoms with Crippen LogP contribution in [0.1, 0.15) is 55.2 Å². The number of hydrogen-bond acceptors (Lipinski definition) is 11. The van der Waals surface area contributed by atoms with Crippen LogP contribution in [-0.4, -0.2) is 106 Å². The zero-order chi connectivity index (χ0) is 40.4. The Kier molecular flexibility index (Phi) is 16.2. The summed E-state index contributed by atoms with van der Waals surface area (Å²) in [4.78, 5) is 61.0. The Hall–Kier alpha value is -6.00. The van der Waals surface area contributed by atoms with Crippen molar-refractivity contribution < 1.29 is 48.7 Å². The van der Waals surface area contributed by atoms with E-state index in [0.29, 0.717) is 37.6 Å². The number of unbranched alkanes of at least 4 members (excludes halogenated alkanes) is 1. The Morgan fingerprint density at radius 3 is 1.82 bits per heavy atom. The molecule has 0 radical (unpaired) electrons. The number of nitrogens with one attached hydrogen (secondary N) is 3. The van der Waals surface area contributed by atoms with Gasteiger partial charge in [-0.2, -0.15) is 4.99 Å². The van der Waals surface area contributed by atoms with Crippen molar-refractivity contribution in [2.24, 2.45) is 9.98 Å². The average Bonchev–Trinajstić information content (AvgIpc) is 3.58. The number of aliphatic imine (C=N–C) groups is 2. The highest BCUT2D eigenvalue weighted by Gasteiger charge is 2.37. The third-order valence-corrected chi connectivity index (χ3v) is 9.39. The highest BCUT2D eigenvalue weighted by molar-refractivity contribution is 6.05. The SMILES string of the molecule is O=C(NC(CCCN=C1N=C2C(C[C@H](O)[C@H](O)CN2CCCCC(NC(=O)OCc2ccccc2)C(=O)OCc2ccccc2)N1)C(=O)O)OCc1ccccc1. The lowest BCUT2D eigenvalue weighted by molar-refractivity contribution is -0.147. The molecule has 16 heteroatoms. The number of carbonyl (C=O) groups excluding carboxylic acids is 3. The molecule has 3 aromatic carbocycles. The van der Waals surface area contributed by atoms with Gasteiger partial charge in [-0.15, -0.1) is 0 Å². The number of ether oxygens (including phenoxy) is 3. The highest BCUT2D eigenvalue weighted by atomic mass is 16.6. The lowest BCUT2D eigenvalue weighted by Gasteiger charge is -2.26. The van der Waals surface area contributed by atoms with Crippen LogP contribution in [0.15, 0.2) is 101 Å². The molecule has 2 aliphatic rings. The first-order valence-corrected chi connectivity index (χ1v) is 19.0. The second-order valence-electron chi connectivity index (χ2n) is 13.8. The van der Waals surface area contributed by atoms with Gasteiger partial charge in [-0.25, -0.2) is 19.2 Å². The van der Waals surface area contributed by atoms with Crippen LogP contribution in [-0.2, 0) is 43.6 Å². The number of likely N-dealkylation sites (tertiary alicyclic amines) is 1. The minimum atomic E-state index is -1.20. The minimum absolute atomic E-state index is 0.0101. The molecule has 304 valence electrons. The van der Waals surface area contributed by atoms with E-state index in [1.807, 2.05) is 83.8 Å². The van der Waals surface area contributed by atoms with Crippen LogP contribution < -0.4 is 16.0 Å². The number of amides is 2. The van der Waals surface area contributed by atoms with E-state index in [4.69, 9.17) is 14.2 Å². The van der Waals surface area contributed by atoms with Crippen LogP contribution in [0, 0.1) is 0 Å². The largest absolute Gasteiger partial charge is 0.480 e. The van der Waals surface area contributed by atoms with Gasteiger partial charge in [-0.3, -0.25) is 4.99 Å². The van der Waals surface area contributed by atoms with Gasteiger partial charge in [-0.1, -0.05) is 91.0 Å². The number of β-amino-alcohol motifs (C(OH)–C–C–N with tert-alkyl or cyclic N) is 1. The van der Waals surface area contributed by atoms with Gasteiger partial charge in [0.15, 0.2) is 0 Å². The summed E-state index contributed by atoms with van der Waals surface area (Å²) >= 11 is 0. The number of amidine groups is 1. The molecular formula is C41H50N6O10. The van der Waals surface area contributed by atoms with Gasteiger partial charge in [-0.05, 0) is 48.8 Å². The summed E-state index contributed by atoms with van der Waals surface area (Å²) in [6, 6.07) is 24.9. The number of benzene rings is 3. The molecule has 5 atom stereocenters. The number of hydrogen-bond donors (Lipinski definition) is 6. The van der Waals surface area contributed by atoms with Gasteiger partial charge in [0.2, 0.25) is 5.96 Å². The zero-order valence-corrected chi connectivity index (χ0v) is 31.6. The quantitative estimate of drug-likeness (QED) is 0.0584. The number of aliphatic carboxylic acids is 1. The van der Waals surface area contributed by atoms with Crippen molar-refractivity contribution >= 4 is 35.9 Å². The molecule has 2 amide bonds. The first kappa shape index (κ1) is 42.1. The van der Waals surface area contributed by atoms with Crippen molar-refractivity contribution in [1.82, 2.24) is 20.9 Å². The van der Waals surface area contributed by atoms with Crippen LogP contribution >= 0.6 is 0 Å². The summed E-state index contributed by atoms with van der Waals surface area (Å²) in [6.07, 6.45) is -1.72. The number of rotatable bonds is 19. The topological polar surface area (TPSA) is 221 Å². The van der Waals surface area contributed by atoms with Crippen molar-refractivity contribution in [2.75, 3.05) is 19.6 Å². The molecule has 57 heavy (non-hydrogen) atoms. The van der Waals surface area contributed by atoms with Gasteiger partial charge in [0.25, 0.3) is 0 Å². The maximum absolute atomic E-state index is 13.2. The summed E-state index contributed by atoms with van der Waals surface area (Å²) in [5, 5.41) is 39.2. The number of fused-ring (bicyclic) bond motifs is 1. The number of aliphatic hydroxyl groups is 2. The summed E-state index contributed by atoms with van der Waals surface area (Å²) in [7, 11) is 0. The van der Waals surface area contributed by atoms with E-state index in [2.05, 4.69) is 25.9 Å². The summed E-state index contributed by atoms with van der Waals surface area (Å²) < 4.78 is 16.1. The van der Waals surface area contributed by atoms with Gasteiger partial charge in [0.1, 0.15) is 37.7 Å². The van der Waals surface area contributed by atoms with Crippen molar-refractivity contribution in [3.63, 3.8) is 0 Å². The van der Waals surface area contributed by atoms with E-state index in [0.717, 1.165) is 16.7 Å². The molecule has 0 saturated carbocycles. The fraction of sp³-hybridized carbons (Fsp3) is 0.415. The Bertz CT molecular complexity index is 1810. The maximum atomic E-state index is 13.2. The van der Waals surface area contributed by atoms with Crippen LogP contribution in [0.4, 0.5) is 9.59 Å². The third kappa shape index (κ3) is 13.9. The van der Waals surface area contributed by atoms with E-state index in [9.17, 15) is 34.5 Å². The second kappa shape index (κ2) is 21.9. The number of esters is 1. The van der Waals surface area contributed by atoms with E-state index in [1.165, 1.54) is 0 Å². The van der Waals surface area contributed by atoms with E-state index in [1.54, 1.807) is 12.1 Å². The molecule has 2 aliphatic heterocycles. The van der Waals surface area contributed by atoms with Crippen LogP contribution in [0.5, 0.6) is 0 Å². The fourth-order valence-corrected chi connectivity index (χ4v) is 6.30. The average molecular weight is 787 g/mol. The Morgan fingerprint density at radius 1 is 0.737 bits per heavy atom. The molecule has 16 nitrogen and oxygen atoms in total. The van der Waals surface area contributed by atoms with Gasteiger partial charge in [0, 0.05) is 26.1 Å². The molecule has 3 aromatic rings. The number of carboxylic acid groups (broad SMARTS) is 1. The zero-order valence-electron chi connectivity index (χ0n) is 31.6. The number of carbonyl (C=O) groups is 4. The number of nitrogens with zero attached hydrogens (tertiary/aromatic N) is 3. The highest BCUT2D eigenvalue weighted by Crippen LogP contribution is 2.20. The lowest BCUT2D eigenvalue weighted by Crippen LogP contribution is -2.43. The van der Waals surface area contributed by atoms with Crippen LogP contribution in [0.25, 0.3) is 0 Å². The predicted octanol–water partition coefficient (Wildman–Crippen LogP) is 3.51. The molecule has 1 saturated heterocycles. The smallest absolute Gasteiger partial charge is 0.408 e. The standard InChI is InChI=1S/C41H50N6O10/c48-34-23-33-36(46-39(43-33)42-21-12-20-31(37(50)51)44-40(53)56-26-29-15-6-2-7-16-29)47(24-35(34)49)22-11-10-19-32(38(52)55-25-28-13-4-1-5-14-28)45-41(54)57-27-30-17-8-3-9-18-30/h1-9,13-18,31-35,48-49H,10-12,19-27H2,(H,42,43)(H,44,53)(H,45,54)(H,50,51)/t31?,32?,33?,34-,35+/m0/s1. The van der Waals surface area contributed by atoms with Crippen molar-refractivity contribution in [1.29, 1.82) is 0 Å². The molecule has 0 bridgehead atoms. The number of aliphatic hydroxyl groups excluding tert-OH is 2. The third-order valence-electron chi connectivity index (χ3n) is 9.39. The monoisotopic (exact) mass is 786 g/mol. The molecule has 0 aromatic heterocycles. The van der Waals surface area contributed by atoms with Gasteiger partial charge >= 0.3 is 24.1 Å².